The topological polar surface area (TPSA) is 51.8 Å². The smallest absolute Gasteiger partial charge is 0.138 e. The van der Waals surface area contributed by atoms with Crippen molar-refractivity contribution in [1.82, 2.24) is 9.97 Å². The molecule has 0 amide bonds. The molecule has 3 nitrogen and oxygen atoms in total. The second kappa shape index (κ2) is 4.17. The van der Waals surface area contributed by atoms with Crippen molar-refractivity contribution in [2.75, 3.05) is 5.73 Å². The minimum Gasteiger partial charge on any atom is -0.384 e. The third-order valence-electron chi connectivity index (χ3n) is 3.38. The van der Waals surface area contributed by atoms with Crippen LogP contribution < -0.4 is 5.73 Å². The highest BCUT2D eigenvalue weighted by atomic mass is 14.9. The van der Waals surface area contributed by atoms with Gasteiger partial charge in [-0.2, -0.15) is 0 Å². The first-order chi connectivity index (χ1) is 8.34. The fraction of sp³-hybridized carbons (Fsp3) is 0.286. The number of anilines is 1. The molecule has 0 bridgehead atoms. The van der Waals surface area contributed by atoms with E-state index in [1.165, 1.54) is 17.5 Å². The molecule has 1 aliphatic rings. The molecule has 1 aromatic carbocycles. The van der Waals surface area contributed by atoms with E-state index < -0.39 is 0 Å². The van der Waals surface area contributed by atoms with Crippen LogP contribution in [0.4, 0.5) is 5.82 Å². The lowest BCUT2D eigenvalue weighted by molar-refractivity contribution is 0.591. The summed E-state index contributed by atoms with van der Waals surface area (Å²) in [4.78, 5) is 8.73. The van der Waals surface area contributed by atoms with Gasteiger partial charge >= 0.3 is 0 Å². The summed E-state index contributed by atoms with van der Waals surface area (Å²) in [7, 11) is 0. The second-order valence-electron chi connectivity index (χ2n) is 4.48. The monoisotopic (exact) mass is 225 g/mol. The summed E-state index contributed by atoms with van der Waals surface area (Å²) in [5.74, 6) is 1.72. The summed E-state index contributed by atoms with van der Waals surface area (Å²) in [6.45, 7) is 0. The standard InChI is InChI=1S/C14H15N3/c15-13-8-9-16-14(17-13)12-7-3-5-10-4-1-2-6-11(10)12/h1-2,4,6,8-9,12H,3,5,7H2,(H2,15,16,17). The highest BCUT2D eigenvalue weighted by Crippen LogP contribution is 2.34. The summed E-state index contributed by atoms with van der Waals surface area (Å²) in [5, 5.41) is 0. The zero-order valence-corrected chi connectivity index (χ0v) is 9.63. The fourth-order valence-corrected chi connectivity index (χ4v) is 2.58. The average Bonchev–Trinajstić information content (AvgIpc) is 2.38. The zero-order valence-electron chi connectivity index (χ0n) is 9.63. The van der Waals surface area contributed by atoms with Crippen molar-refractivity contribution in [3.8, 4) is 0 Å². The third kappa shape index (κ3) is 1.88. The van der Waals surface area contributed by atoms with Crippen LogP contribution in [0.3, 0.4) is 0 Å². The Bertz CT molecular complexity index is 536. The van der Waals surface area contributed by atoms with E-state index in [2.05, 4.69) is 34.2 Å². The van der Waals surface area contributed by atoms with Crippen LogP contribution in [0.15, 0.2) is 36.5 Å². The molecule has 0 saturated carbocycles. The predicted octanol–water partition coefficient (Wildman–Crippen LogP) is 2.53. The van der Waals surface area contributed by atoms with Gasteiger partial charge in [-0.1, -0.05) is 24.3 Å². The van der Waals surface area contributed by atoms with E-state index in [4.69, 9.17) is 5.73 Å². The third-order valence-corrected chi connectivity index (χ3v) is 3.38. The molecule has 0 aliphatic heterocycles. The van der Waals surface area contributed by atoms with Crippen LogP contribution in [-0.4, -0.2) is 9.97 Å². The van der Waals surface area contributed by atoms with Crippen molar-refractivity contribution in [1.29, 1.82) is 0 Å². The fourth-order valence-electron chi connectivity index (χ4n) is 2.58. The van der Waals surface area contributed by atoms with Crippen LogP contribution in [0.1, 0.15) is 35.7 Å². The lowest BCUT2D eigenvalue weighted by Gasteiger charge is -2.24. The number of nitrogens with two attached hydrogens (primary N) is 1. The molecule has 0 fully saturated rings. The van der Waals surface area contributed by atoms with E-state index in [1.54, 1.807) is 12.3 Å². The predicted molar refractivity (Wildman–Crippen MR) is 67.7 cm³/mol. The number of nitrogen functional groups attached to an aromatic ring is 1. The van der Waals surface area contributed by atoms with E-state index in [-0.39, 0.29) is 0 Å². The van der Waals surface area contributed by atoms with Gasteiger partial charge in [0.1, 0.15) is 11.6 Å². The second-order valence-corrected chi connectivity index (χ2v) is 4.48. The molecule has 1 aliphatic carbocycles. The van der Waals surface area contributed by atoms with Crippen molar-refractivity contribution in [2.24, 2.45) is 0 Å². The van der Waals surface area contributed by atoms with Crippen LogP contribution in [0, 0.1) is 0 Å². The van der Waals surface area contributed by atoms with Gasteiger partial charge in [-0.15, -0.1) is 0 Å². The molecular formula is C14H15N3. The molecule has 1 aromatic heterocycles. The zero-order chi connectivity index (χ0) is 11.7. The maximum absolute atomic E-state index is 5.73. The lowest BCUT2D eigenvalue weighted by Crippen LogP contribution is -2.14. The van der Waals surface area contributed by atoms with Gasteiger partial charge in [0.2, 0.25) is 0 Å². The highest BCUT2D eigenvalue weighted by molar-refractivity contribution is 5.37. The Kier molecular flexibility index (Phi) is 2.52. The maximum atomic E-state index is 5.73. The Morgan fingerprint density at radius 2 is 2.06 bits per heavy atom. The van der Waals surface area contributed by atoms with Crippen molar-refractivity contribution in [3.63, 3.8) is 0 Å². The molecule has 0 radical (unpaired) electrons. The number of hydrogen-bond acceptors (Lipinski definition) is 3. The number of benzene rings is 1. The number of rotatable bonds is 1. The normalized spacial score (nSPS) is 18.7. The quantitative estimate of drug-likeness (QED) is 0.811. The Labute approximate surface area is 101 Å². The summed E-state index contributed by atoms with van der Waals surface area (Å²) < 4.78 is 0. The first-order valence-corrected chi connectivity index (χ1v) is 6.01. The van der Waals surface area contributed by atoms with Crippen molar-refractivity contribution >= 4 is 5.82 Å². The Balaban J connectivity index is 2.06. The number of nitrogens with zero attached hydrogens (tertiary/aromatic N) is 2. The molecule has 0 spiro atoms. The highest BCUT2D eigenvalue weighted by Gasteiger charge is 2.23. The van der Waals surface area contributed by atoms with E-state index in [9.17, 15) is 0 Å². The van der Waals surface area contributed by atoms with Gasteiger partial charge in [0.15, 0.2) is 0 Å². The summed E-state index contributed by atoms with van der Waals surface area (Å²) in [5.41, 5.74) is 8.52. The van der Waals surface area contributed by atoms with Crippen molar-refractivity contribution in [2.45, 2.75) is 25.2 Å². The summed E-state index contributed by atoms with van der Waals surface area (Å²) in [6.07, 6.45) is 5.21. The van der Waals surface area contributed by atoms with E-state index >= 15 is 0 Å². The SMILES string of the molecule is Nc1ccnc(C2CCCc3ccccc32)n1. The first kappa shape index (κ1) is 10.3. The molecule has 1 atom stereocenters. The van der Waals surface area contributed by atoms with Gasteiger partial charge < -0.3 is 5.73 Å². The van der Waals surface area contributed by atoms with E-state index in [0.29, 0.717) is 11.7 Å². The Hall–Kier alpha value is -1.90. The maximum Gasteiger partial charge on any atom is 0.138 e. The van der Waals surface area contributed by atoms with Gasteiger partial charge in [-0.3, -0.25) is 0 Å². The molecular weight excluding hydrogens is 210 g/mol. The van der Waals surface area contributed by atoms with Crippen LogP contribution in [0.2, 0.25) is 0 Å². The van der Waals surface area contributed by atoms with E-state index in [0.717, 1.165) is 18.7 Å². The van der Waals surface area contributed by atoms with Crippen LogP contribution in [0.25, 0.3) is 0 Å². The van der Waals surface area contributed by atoms with Crippen LogP contribution in [0.5, 0.6) is 0 Å². The molecule has 86 valence electrons. The molecule has 17 heavy (non-hydrogen) atoms. The molecule has 0 saturated heterocycles. The summed E-state index contributed by atoms with van der Waals surface area (Å²) >= 11 is 0. The van der Waals surface area contributed by atoms with Crippen molar-refractivity contribution in [3.05, 3.63) is 53.5 Å². The first-order valence-electron chi connectivity index (χ1n) is 6.01. The van der Waals surface area contributed by atoms with Gasteiger partial charge in [0.25, 0.3) is 0 Å². The average molecular weight is 225 g/mol. The van der Waals surface area contributed by atoms with Crippen LogP contribution >= 0.6 is 0 Å². The number of fused-ring (bicyclic) bond motifs is 1. The number of aryl methyl sites for hydroxylation is 1. The molecule has 1 heterocycles. The molecule has 2 N–H and O–H groups in total. The molecule has 1 unspecified atom stereocenters. The summed E-state index contributed by atoms with van der Waals surface area (Å²) in [6, 6.07) is 10.3. The minimum atomic E-state index is 0.309. The number of hydrogen-bond donors (Lipinski definition) is 1. The molecule has 2 aromatic rings. The molecule has 3 rings (SSSR count). The Morgan fingerprint density at radius 3 is 2.94 bits per heavy atom. The number of aromatic nitrogens is 2. The van der Waals surface area contributed by atoms with E-state index in [1.807, 2.05) is 0 Å². The van der Waals surface area contributed by atoms with Gasteiger partial charge in [-0.25, -0.2) is 9.97 Å². The Morgan fingerprint density at radius 1 is 1.18 bits per heavy atom. The minimum absolute atomic E-state index is 0.309. The van der Waals surface area contributed by atoms with Gasteiger partial charge in [0.05, 0.1) is 0 Å². The van der Waals surface area contributed by atoms with Gasteiger partial charge in [0, 0.05) is 12.1 Å². The van der Waals surface area contributed by atoms with Crippen molar-refractivity contribution < 1.29 is 0 Å². The van der Waals surface area contributed by atoms with Gasteiger partial charge in [-0.05, 0) is 36.5 Å². The molecule has 3 heteroatoms. The lowest BCUT2D eigenvalue weighted by atomic mass is 9.82. The largest absolute Gasteiger partial charge is 0.384 e. The van der Waals surface area contributed by atoms with Crippen LogP contribution in [-0.2, 0) is 6.42 Å².